The van der Waals surface area contributed by atoms with Gasteiger partial charge in [0.1, 0.15) is 0 Å². The van der Waals surface area contributed by atoms with Gasteiger partial charge in [-0.3, -0.25) is 5.43 Å². The molecule has 3 aromatic rings. The van der Waals surface area contributed by atoms with Crippen LogP contribution in [0.1, 0.15) is 12.5 Å². The summed E-state index contributed by atoms with van der Waals surface area (Å²) >= 11 is 1.57. The number of hydrazone groups is 1. The lowest BCUT2D eigenvalue weighted by molar-refractivity contribution is 0.311. The third-order valence-electron chi connectivity index (χ3n) is 3.16. The van der Waals surface area contributed by atoms with Crippen molar-refractivity contribution in [3.8, 4) is 11.5 Å². The van der Waals surface area contributed by atoms with Crippen LogP contribution < -0.4 is 14.9 Å². The normalized spacial score (nSPS) is 11.0. The molecule has 0 aliphatic heterocycles. The van der Waals surface area contributed by atoms with Gasteiger partial charge in [0.05, 0.1) is 30.1 Å². The van der Waals surface area contributed by atoms with Crippen LogP contribution in [-0.2, 0) is 0 Å². The van der Waals surface area contributed by atoms with E-state index >= 15 is 0 Å². The van der Waals surface area contributed by atoms with Crippen molar-refractivity contribution in [2.75, 3.05) is 19.1 Å². The van der Waals surface area contributed by atoms with Gasteiger partial charge in [-0.25, -0.2) is 4.98 Å². The molecule has 23 heavy (non-hydrogen) atoms. The number of hydrogen-bond acceptors (Lipinski definition) is 6. The molecule has 6 heteroatoms. The maximum atomic E-state index is 5.56. The lowest BCUT2D eigenvalue weighted by Crippen LogP contribution is -1.97. The van der Waals surface area contributed by atoms with Crippen molar-refractivity contribution >= 4 is 32.9 Å². The quantitative estimate of drug-likeness (QED) is 0.546. The summed E-state index contributed by atoms with van der Waals surface area (Å²) in [5.41, 5.74) is 4.86. The molecule has 1 heterocycles. The molecule has 0 radical (unpaired) electrons. The molecule has 1 N–H and O–H groups in total. The number of anilines is 1. The third-order valence-corrected chi connectivity index (χ3v) is 4.10. The number of benzene rings is 2. The average molecular weight is 327 g/mol. The fourth-order valence-corrected chi connectivity index (χ4v) is 2.94. The maximum absolute atomic E-state index is 5.56. The summed E-state index contributed by atoms with van der Waals surface area (Å²) in [5.74, 6) is 1.42. The molecule has 0 unspecified atom stereocenters. The molecule has 0 aliphatic carbocycles. The minimum Gasteiger partial charge on any atom is -0.493 e. The first-order chi connectivity index (χ1) is 11.3. The molecule has 0 saturated heterocycles. The molecule has 0 spiro atoms. The summed E-state index contributed by atoms with van der Waals surface area (Å²) < 4.78 is 12.0. The molecule has 5 nitrogen and oxygen atoms in total. The average Bonchev–Trinajstić information content (AvgIpc) is 2.98. The van der Waals surface area contributed by atoms with E-state index in [1.807, 2.05) is 49.4 Å². The highest BCUT2D eigenvalue weighted by Gasteiger charge is 2.04. The van der Waals surface area contributed by atoms with Gasteiger partial charge >= 0.3 is 0 Å². The second-order valence-corrected chi connectivity index (χ2v) is 5.73. The van der Waals surface area contributed by atoms with Gasteiger partial charge in [0.15, 0.2) is 11.5 Å². The van der Waals surface area contributed by atoms with Crippen LogP contribution in [0.5, 0.6) is 11.5 Å². The van der Waals surface area contributed by atoms with E-state index < -0.39 is 0 Å². The number of aromatic nitrogens is 1. The number of nitrogens with one attached hydrogen (secondary N) is 1. The number of ether oxygens (including phenoxy) is 2. The smallest absolute Gasteiger partial charge is 0.204 e. The predicted octanol–water partition coefficient (Wildman–Crippen LogP) is 4.15. The topological polar surface area (TPSA) is 55.7 Å². The Morgan fingerprint density at radius 1 is 1.22 bits per heavy atom. The monoisotopic (exact) mass is 327 g/mol. The zero-order valence-corrected chi connectivity index (χ0v) is 13.8. The molecule has 0 aliphatic rings. The SMILES string of the molecule is CCOc1cc(/C=N/Nc2nc3ccccc3s2)ccc1OC. The number of methoxy groups -OCH3 is 1. The van der Waals surface area contributed by atoms with E-state index in [9.17, 15) is 0 Å². The fourth-order valence-electron chi connectivity index (χ4n) is 2.12. The molecule has 0 bridgehead atoms. The lowest BCUT2D eigenvalue weighted by atomic mass is 10.2. The number of fused-ring (bicyclic) bond motifs is 1. The van der Waals surface area contributed by atoms with Crippen molar-refractivity contribution < 1.29 is 9.47 Å². The van der Waals surface area contributed by atoms with Crippen molar-refractivity contribution in [3.63, 3.8) is 0 Å². The van der Waals surface area contributed by atoms with Gasteiger partial charge in [-0.1, -0.05) is 23.5 Å². The summed E-state index contributed by atoms with van der Waals surface area (Å²) in [6.45, 7) is 2.52. The van der Waals surface area contributed by atoms with E-state index in [1.165, 1.54) is 0 Å². The molecular formula is C17H17N3O2S. The van der Waals surface area contributed by atoms with Crippen LogP contribution in [-0.4, -0.2) is 24.9 Å². The van der Waals surface area contributed by atoms with Crippen LogP contribution in [0.4, 0.5) is 5.13 Å². The summed E-state index contributed by atoms with van der Waals surface area (Å²) in [6.07, 6.45) is 1.73. The van der Waals surface area contributed by atoms with Gasteiger partial charge in [0, 0.05) is 0 Å². The van der Waals surface area contributed by atoms with Gasteiger partial charge in [0.2, 0.25) is 5.13 Å². The van der Waals surface area contributed by atoms with Gasteiger partial charge < -0.3 is 9.47 Å². The van der Waals surface area contributed by atoms with Crippen molar-refractivity contribution in [2.24, 2.45) is 5.10 Å². The Bertz CT molecular complexity index is 797. The number of nitrogens with zero attached hydrogens (tertiary/aromatic N) is 2. The predicted molar refractivity (Wildman–Crippen MR) is 95.0 cm³/mol. The zero-order chi connectivity index (χ0) is 16.1. The van der Waals surface area contributed by atoms with E-state index in [2.05, 4.69) is 15.5 Å². The Kier molecular flexibility index (Phi) is 4.73. The largest absolute Gasteiger partial charge is 0.493 e. The van der Waals surface area contributed by atoms with Crippen LogP contribution in [0.25, 0.3) is 10.2 Å². The van der Waals surface area contributed by atoms with Gasteiger partial charge in [-0.05, 0) is 42.8 Å². The molecule has 0 fully saturated rings. The molecule has 1 aromatic heterocycles. The fraction of sp³-hybridized carbons (Fsp3) is 0.176. The molecular weight excluding hydrogens is 310 g/mol. The first-order valence-electron chi connectivity index (χ1n) is 7.25. The van der Waals surface area contributed by atoms with Crippen LogP contribution in [0.15, 0.2) is 47.6 Å². The van der Waals surface area contributed by atoms with Gasteiger partial charge in [-0.2, -0.15) is 5.10 Å². The Morgan fingerprint density at radius 3 is 2.87 bits per heavy atom. The van der Waals surface area contributed by atoms with Crippen LogP contribution >= 0.6 is 11.3 Å². The Morgan fingerprint density at radius 2 is 2.09 bits per heavy atom. The van der Waals surface area contributed by atoms with E-state index in [0.29, 0.717) is 18.1 Å². The molecule has 0 amide bonds. The maximum Gasteiger partial charge on any atom is 0.204 e. The number of hydrogen-bond donors (Lipinski definition) is 1. The minimum atomic E-state index is 0.584. The number of para-hydroxylation sites is 1. The Hall–Kier alpha value is -2.60. The van der Waals surface area contributed by atoms with E-state index in [4.69, 9.17) is 9.47 Å². The van der Waals surface area contributed by atoms with Crippen LogP contribution in [0.2, 0.25) is 0 Å². The molecule has 3 rings (SSSR count). The summed E-state index contributed by atoms with van der Waals surface area (Å²) in [6, 6.07) is 13.7. The molecule has 0 atom stereocenters. The van der Waals surface area contributed by atoms with E-state index in [0.717, 1.165) is 20.9 Å². The van der Waals surface area contributed by atoms with Crippen LogP contribution in [0, 0.1) is 0 Å². The zero-order valence-electron chi connectivity index (χ0n) is 12.9. The van der Waals surface area contributed by atoms with Gasteiger partial charge in [-0.15, -0.1) is 0 Å². The number of thiazole rings is 1. The second-order valence-electron chi connectivity index (χ2n) is 4.70. The minimum absolute atomic E-state index is 0.584. The van der Waals surface area contributed by atoms with E-state index in [-0.39, 0.29) is 0 Å². The third kappa shape index (κ3) is 3.60. The van der Waals surface area contributed by atoms with Crippen molar-refractivity contribution in [1.82, 2.24) is 4.98 Å². The van der Waals surface area contributed by atoms with Crippen LogP contribution in [0.3, 0.4) is 0 Å². The van der Waals surface area contributed by atoms with Crippen molar-refractivity contribution in [3.05, 3.63) is 48.0 Å². The molecule has 118 valence electrons. The summed E-state index contributed by atoms with van der Waals surface area (Å²) in [4.78, 5) is 4.47. The summed E-state index contributed by atoms with van der Waals surface area (Å²) in [7, 11) is 1.63. The second kappa shape index (κ2) is 7.11. The first-order valence-corrected chi connectivity index (χ1v) is 8.07. The van der Waals surface area contributed by atoms with Crippen molar-refractivity contribution in [2.45, 2.75) is 6.92 Å². The Labute approximate surface area is 138 Å². The highest BCUT2D eigenvalue weighted by molar-refractivity contribution is 7.22. The Balaban J connectivity index is 1.73. The highest BCUT2D eigenvalue weighted by Crippen LogP contribution is 2.28. The standard InChI is InChI=1S/C17H17N3O2S/c1-3-22-15-10-12(8-9-14(15)21-2)11-18-20-17-19-13-6-4-5-7-16(13)23-17/h4-11H,3H2,1-2H3,(H,19,20)/b18-11+. The summed E-state index contributed by atoms with van der Waals surface area (Å²) in [5, 5.41) is 5.01. The lowest BCUT2D eigenvalue weighted by Gasteiger charge is -2.09. The number of rotatable bonds is 6. The molecule has 2 aromatic carbocycles. The highest BCUT2D eigenvalue weighted by atomic mass is 32.1. The van der Waals surface area contributed by atoms with E-state index in [1.54, 1.807) is 24.7 Å². The molecule has 0 saturated carbocycles. The van der Waals surface area contributed by atoms with Gasteiger partial charge in [0.25, 0.3) is 0 Å². The first kappa shape index (κ1) is 15.3. The van der Waals surface area contributed by atoms with Crippen molar-refractivity contribution in [1.29, 1.82) is 0 Å².